The van der Waals surface area contributed by atoms with Crippen molar-refractivity contribution in [2.45, 2.75) is 31.1 Å². The minimum Gasteiger partial charge on any atom is -0.465 e. The second-order valence-electron chi connectivity index (χ2n) is 4.44. The van der Waals surface area contributed by atoms with Gasteiger partial charge in [-0.05, 0) is 12.8 Å². The van der Waals surface area contributed by atoms with E-state index in [1.165, 1.54) is 0 Å². The number of likely N-dealkylation sites (tertiary alicyclic amines) is 1. The lowest BCUT2D eigenvalue weighted by Gasteiger charge is -2.39. The van der Waals surface area contributed by atoms with Crippen molar-refractivity contribution in [2.75, 3.05) is 19.7 Å². The Morgan fingerprint density at radius 2 is 2.00 bits per heavy atom. The van der Waals surface area contributed by atoms with Gasteiger partial charge in [-0.25, -0.2) is 4.79 Å². The number of rotatable bonds is 2. The molecule has 2 heterocycles. The van der Waals surface area contributed by atoms with E-state index in [0.717, 1.165) is 0 Å². The summed E-state index contributed by atoms with van der Waals surface area (Å²) >= 11 is 0. The van der Waals surface area contributed by atoms with E-state index in [-0.39, 0.29) is 18.6 Å². The molecule has 0 aliphatic carbocycles. The normalized spacial score (nSPS) is 29.6. The molecule has 0 unspecified atom stereocenters. The Morgan fingerprint density at radius 1 is 1.29 bits per heavy atom. The van der Waals surface area contributed by atoms with Crippen molar-refractivity contribution >= 4 is 12.0 Å². The highest BCUT2D eigenvalue weighted by Gasteiger charge is 2.36. The molecule has 7 nitrogen and oxygen atoms in total. The molecule has 2 aliphatic heterocycles. The van der Waals surface area contributed by atoms with Crippen LogP contribution in [0.3, 0.4) is 0 Å². The topological polar surface area (TPSA) is 99.1 Å². The Labute approximate surface area is 98.3 Å². The van der Waals surface area contributed by atoms with Crippen molar-refractivity contribution in [1.82, 2.24) is 10.2 Å². The summed E-state index contributed by atoms with van der Waals surface area (Å²) < 4.78 is 5.35. The molecule has 3 N–H and O–H groups in total. The number of carbonyl (C=O) groups is 2. The molecule has 0 aromatic carbocycles. The number of β-amino-alcohol motifs (C(OH)–C–C–N with tert-alkyl or cyclic N) is 1. The first-order chi connectivity index (χ1) is 8.06. The number of hydrogen-bond donors (Lipinski definition) is 3. The third kappa shape index (κ3) is 2.86. The molecule has 96 valence electrons. The number of nitrogens with one attached hydrogen (secondary N) is 1. The molecular formula is C10H16N2O5. The highest BCUT2D eigenvalue weighted by atomic mass is 16.5. The molecule has 0 aromatic heterocycles. The molecule has 2 aliphatic rings. The van der Waals surface area contributed by atoms with Gasteiger partial charge in [0.25, 0.3) is 5.91 Å². The zero-order valence-corrected chi connectivity index (χ0v) is 9.33. The fourth-order valence-corrected chi connectivity index (χ4v) is 2.07. The van der Waals surface area contributed by atoms with Crippen molar-refractivity contribution in [3.63, 3.8) is 0 Å². The van der Waals surface area contributed by atoms with Crippen LogP contribution in [0.15, 0.2) is 0 Å². The monoisotopic (exact) mass is 244 g/mol. The Hall–Kier alpha value is -1.34. The molecule has 2 amide bonds. The summed E-state index contributed by atoms with van der Waals surface area (Å²) in [6, 6.07) is -0.237. The van der Waals surface area contributed by atoms with Gasteiger partial charge >= 0.3 is 6.09 Å². The molecule has 0 aromatic rings. The Kier molecular flexibility index (Phi) is 3.49. The van der Waals surface area contributed by atoms with Crippen LogP contribution in [0.25, 0.3) is 0 Å². The highest BCUT2D eigenvalue weighted by molar-refractivity contribution is 5.81. The van der Waals surface area contributed by atoms with Crippen LogP contribution >= 0.6 is 0 Å². The highest BCUT2D eigenvalue weighted by Crippen LogP contribution is 2.18. The first-order valence-corrected chi connectivity index (χ1v) is 5.64. The second-order valence-corrected chi connectivity index (χ2v) is 4.44. The average molecular weight is 244 g/mol. The lowest BCUT2D eigenvalue weighted by Crippen LogP contribution is -2.58. The molecule has 2 atom stereocenters. The quantitative estimate of drug-likeness (QED) is 0.579. The van der Waals surface area contributed by atoms with Crippen LogP contribution in [-0.4, -0.2) is 65.1 Å². The first kappa shape index (κ1) is 12.1. The lowest BCUT2D eigenvalue weighted by atomic mass is 10.0. The maximum atomic E-state index is 11.8. The standard InChI is InChI=1S/C10H16N2O5/c13-7-3-12(4-7)9(14)8-2-1-6(5-17-8)11-10(15)16/h6-8,11,13H,1-5H2,(H,15,16)/t6-,8+/m1/s1. The second kappa shape index (κ2) is 4.89. The largest absolute Gasteiger partial charge is 0.465 e. The number of carboxylic acid groups (broad SMARTS) is 1. The maximum absolute atomic E-state index is 11.8. The molecule has 2 saturated heterocycles. The van der Waals surface area contributed by atoms with E-state index in [2.05, 4.69) is 5.32 Å². The molecular weight excluding hydrogens is 228 g/mol. The fourth-order valence-electron chi connectivity index (χ4n) is 2.07. The minimum absolute atomic E-state index is 0.107. The average Bonchev–Trinajstić information content (AvgIpc) is 2.24. The molecule has 2 rings (SSSR count). The number of carbonyl (C=O) groups excluding carboxylic acids is 1. The molecule has 0 bridgehead atoms. The summed E-state index contributed by atoms with van der Waals surface area (Å²) in [6.45, 7) is 0.962. The number of hydrogen-bond acceptors (Lipinski definition) is 4. The summed E-state index contributed by atoms with van der Waals surface area (Å²) in [5, 5.41) is 20.0. The van der Waals surface area contributed by atoms with E-state index in [1.54, 1.807) is 4.90 Å². The van der Waals surface area contributed by atoms with Gasteiger partial charge in [-0.1, -0.05) is 0 Å². The Balaban J connectivity index is 1.75. The number of aliphatic hydroxyl groups excluding tert-OH is 1. The van der Waals surface area contributed by atoms with Gasteiger partial charge in [-0.3, -0.25) is 4.79 Å². The first-order valence-electron chi connectivity index (χ1n) is 5.64. The Morgan fingerprint density at radius 3 is 2.47 bits per heavy atom. The van der Waals surface area contributed by atoms with Gasteiger partial charge in [-0.2, -0.15) is 0 Å². The fraction of sp³-hybridized carbons (Fsp3) is 0.800. The van der Waals surface area contributed by atoms with Gasteiger partial charge in [0.2, 0.25) is 0 Å². The Bertz CT molecular complexity index is 308. The summed E-state index contributed by atoms with van der Waals surface area (Å²) in [4.78, 5) is 23.8. The predicted octanol–water partition coefficient (Wildman–Crippen LogP) is -0.995. The van der Waals surface area contributed by atoms with Crippen LogP contribution in [0.5, 0.6) is 0 Å². The van der Waals surface area contributed by atoms with Gasteiger partial charge < -0.3 is 25.2 Å². The van der Waals surface area contributed by atoms with Crippen LogP contribution in [0.4, 0.5) is 4.79 Å². The van der Waals surface area contributed by atoms with Crippen LogP contribution < -0.4 is 5.32 Å². The van der Waals surface area contributed by atoms with Crippen molar-refractivity contribution in [2.24, 2.45) is 0 Å². The van der Waals surface area contributed by atoms with Crippen LogP contribution in [0.2, 0.25) is 0 Å². The SMILES string of the molecule is O=C(O)N[C@@H]1CC[C@@H](C(=O)N2CC(O)C2)OC1. The predicted molar refractivity (Wildman–Crippen MR) is 56.5 cm³/mol. The summed E-state index contributed by atoms with van der Waals surface area (Å²) in [5.74, 6) is -0.107. The van der Waals surface area contributed by atoms with E-state index in [9.17, 15) is 9.59 Å². The number of aliphatic hydroxyl groups is 1. The van der Waals surface area contributed by atoms with Crippen molar-refractivity contribution < 1.29 is 24.5 Å². The number of amides is 2. The maximum Gasteiger partial charge on any atom is 0.404 e. The third-order valence-corrected chi connectivity index (χ3v) is 3.05. The van der Waals surface area contributed by atoms with Gasteiger partial charge in [0, 0.05) is 13.1 Å². The molecule has 7 heteroatoms. The third-order valence-electron chi connectivity index (χ3n) is 3.05. The number of ether oxygens (including phenoxy) is 1. The minimum atomic E-state index is -1.07. The molecule has 0 spiro atoms. The molecule has 17 heavy (non-hydrogen) atoms. The van der Waals surface area contributed by atoms with E-state index in [4.69, 9.17) is 14.9 Å². The van der Waals surface area contributed by atoms with Gasteiger partial charge in [0.1, 0.15) is 6.10 Å². The van der Waals surface area contributed by atoms with Gasteiger partial charge in [0.15, 0.2) is 0 Å². The summed E-state index contributed by atoms with van der Waals surface area (Å²) in [6.07, 6.45) is -0.872. The molecule has 0 saturated carbocycles. The van der Waals surface area contributed by atoms with Crippen LogP contribution in [-0.2, 0) is 9.53 Å². The zero-order chi connectivity index (χ0) is 12.4. The van der Waals surface area contributed by atoms with E-state index >= 15 is 0 Å². The lowest BCUT2D eigenvalue weighted by molar-refractivity contribution is -0.157. The van der Waals surface area contributed by atoms with Crippen LogP contribution in [0, 0.1) is 0 Å². The van der Waals surface area contributed by atoms with Crippen molar-refractivity contribution in [3.8, 4) is 0 Å². The van der Waals surface area contributed by atoms with E-state index in [0.29, 0.717) is 25.9 Å². The van der Waals surface area contributed by atoms with E-state index < -0.39 is 18.3 Å². The zero-order valence-electron chi connectivity index (χ0n) is 9.33. The summed E-state index contributed by atoms with van der Waals surface area (Å²) in [5.41, 5.74) is 0. The van der Waals surface area contributed by atoms with Gasteiger partial charge in [0.05, 0.1) is 18.8 Å². The summed E-state index contributed by atoms with van der Waals surface area (Å²) in [7, 11) is 0. The molecule has 2 fully saturated rings. The number of nitrogens with zero attached hydrogens (tertiary/aromatic N) is 1. The van der Waals surface area contributed by atoms with E-state index in [1.807, 2.05) is 0 Å². The van der Waals surface area contributed by atoms with Crippen molar-refractivity contribution in [3.05, 3.63) is 0 Å². The van der Waals surface area contributed by atoms with Crippen LogP contribution in [0.1, 0.15) is 12.8 Å². The molecule has 0 radical (unpaired) electrons. The smallest absolute Gasteiger partial charge is 0.404 e. The van der Waals surface area contributed by atoms with Crippen molar-refractivity contribution in [1.29, 1.82) is 0 Å². The van der Waals surface area contributed by atoms with Gasteiger partial charge in [-0.15, -0.1) is 0 Å².